The number of carboxylic acid groups (broad SMARTS) is 1. The first-order chi connectivity index (χ1) is 10.5. The number of carbonyl (C=O) groups is 1. The molecule has 1 aliphatic rings. The van der Waals surface area contributed by atoms with Crippen molar-refractivity contribution in [3.8, 4) is 11.4 Å². The van der Waals surface area contributed by atoms with E-state index in [-0.39, 0.29) is 11.3 Å². The van der Waals surface area contributed by atoms with Crippen molar-refractivity contribution in [3.05, 3.63) is 36.4 Å². The van der Waals surface area contributed by atoms with Crippen molar-refractivity contribution in [1.29, 1.82) is 0 Å². The summed E-state index contributed by atoms with van der Waals surface area (Å²) in [4.78, 5) is 18.9. The van der Waals surface area contributed by atoms with Crippen molar-refractivity contribution < 1.29 is 14.4 Å². The standard InChI is InChI=1S/C16H15N3O3/c1-16(2)11(12(16)15(20)21)14-18-13(19-22-14)9-4-3-5-10-8(9)6-7-17-10/h3-7,11-12,17H,1-2H3,(H,20,21)/t11-,12+/m1/s1. The Morgan fingerprint density at radius 3 is 2.91 bits per heavy atom. The van der Waals surface area contributed by atoms with Crippen LogP contribution in [0.25, 0.3) is 22.3 Å². The summed E-state index contributed by atoms with van der Waals surface area (Å²) in [7, 11) is 0. The molecule has 6 nitrogen and oxygen atoms in total. The van der Waals surface area contributed by atoms with Crippen molar-refractivity contribution in [1.82, 2.24) is 15.1 Å². The normalized spacial score (nSPS) is 22.8. The highest BCUT2D eigenvalue weighted by Crippen LogP contribution is 2.64. The van der Waals surface area contributed by atoms with Gasteiger partial charge in [-0.2, -0.15) is 4.98 Å². The summed E-state index contributed by atoms with van der Waals surface area (Å²) in [5.74, 6) is -0.616. The number of H-pyrrole nitrogens is 1. The van der Waals surface area contributed by atoms with E-state index in [0.29, 0.717) is 11.7 Å². The second-order valence-corrected chi connectivity index (χ2v) is 6.32. The van der Waals surface area contributed by atoms with Gasteiger partial charge in [0.15, 0.2) is 0 Å². The van der Waals surface area contributed by atoms with Gasteiger partial charge < -0.3 is 14.6 Å². The fourth-order valence-electron chi connectivity index (χ4n) is 3.31. The van der Waals surface area contributed by atoms with E-state index < -0.39 is 11.9 Å². The number of hydrogen-bond donors (Lipinski definition) is 2. The molecule has 3 aromatic rings. The highest BCUT2D eigenvalue weighted by atomic mass is 16.5. The second-order valence-electron chi connectivity index (χ2n) is 6.32. The average Bonchev–Trinajstić information content (AvgIpc) is 2.93. The van der Waals surface area contributed by atoms with Gasteiger partial charge in [-0.05, 0) is 17.5 Å². The molecule has 22 heavy (non-hydrogen) atoms. The van der Waals surface area contributed by atoms with E-state index in [2.05, 4.69) is 15.1 Å². The van der Waals surface area contributed by atoms with E-state index in [1.165, 1.54) is 0 Å². The van der Waals surface area contributed by atoms with Gasteiger partial charge in [0, 0.05) is 22.7 Å². The first-order valence-electron chi connectivity index (χ1n) is 7.13. The molecule has 2 N–H and O–H groups in total. The molecule has 1 aromatic carbocycles. The number of nitrogens with one attached hydrogen (secondary N) is 1. The topological polar surface area (TPSA) is 92.0 Å². The molecular weight excluding hydrogens is 282 g/mol. The van der Waals surface area contributed by atoms with Crippen molar-refractivity contribution in [2.24, 2.45) is 11.3 Å². The summed E-state index contributed by atoms with van der Waals surface area (Å²) in [6.45, 7) is 3.82. The molecule has 2 aromatic heterocycles. The lowest BCUT2D eigenvalue weighted by atomic mass is 10.1. The lowest BCUT2D eigenvalue weighted by Gasteiger charge is -1.97. The third-order valence-corrected chi connectivity index (χ3v) is 4.64. The third-order valence-electron chi connectivity index (χ3n) is 4.64. The van der Waals surface area contributed by atoms with Crippen LogP contribution in [-0.2, 0) is 4.79 Å². The summed E-state index contributed by atoms with van der Waals surface area (Å²) in [6, 6.07) is 7.79. The van der Waals surface area contributed by atoms with Crippen molar-refractivity contribution in [2.75, 3.05) is 0 Å². The summed E-state index contributed by atoms with van der Waals surface area (Å²) in [5.41, 5.74) is 1.52. The Kier molecular flexibility index (Phi) is 2.49. The molecule has 0 spiro atoms. The molecule has 0 bridgehead atoms. The fourth-order valence-corrected chi connectivity index (χ4v) is 3.31. The second kappa shape index (κ2) is 4.19. The summed E-state index contributed by atoms with van der Waals surface area (Å²) in [6.07, 6.45) is 1.86. The van der Waals surface area contributed by atoms with Crippen LogP contribution in [0.15, 0.2) is 35.0 Å². The van der Waals surface area contributed by atoms with E-state index in [4.69, 9.17) is 4.52 Å². The molecule has 0 unspecified atom stereocenters. The minimum absolute atomic E-state index is 0.225. The monoisotopic (exact) mass is 297 g/mol. The molecule has 112 valence electrons. The minimum atomic E-state index is -0.817. The largest absolute Gasteiger partial charge is 0.481 e. The van der Waals surface area contributed by atoms with E-state index in [0.717, 1.165) is 16.5 Å². The molecule has 6 heteroatoms. The van der Waals surface area contributed by atoms with Gasteiger partial charge in [0.05, 0.1) is 11.8 Å². The van der Waals surface area contributed by atoms with Crippen molar-refractivity contribution >= 4 is 16.9 Å². The Hall–Kier alpha value is -2.63. The number of benzene rings is 1. The number of aromatic amines is 1. The Morgan fingerprint density at radius 2 is 2.18 bits per heavy atom. The fraction of sp³-hybridized carbons (Fsp3) is 0.312. The highest BCUT2D eigenvalue weighted by molar-refractivity contribution is 5.93. The van der Waals surface area contributed by atoms with Gasteiger partial charge in [-0.1, -0.05) is 31.1 Å². The average molecular weight is 297 g/mol. The first kappa shape index (κ1) is 13.1. The number of aromatic nitrogens is 3. The maximum atomic E-state index is 11.3. The number of carboxylic acids is 1. The van der Waals surface area contributed by atoms with Gasteiger partial charge in [0.1, 0.15) is 0 Å². The van der Waals surface area contributed by atoms with E-state index in [1.807, 2.05) is 44.3 Å². The molecule has 0 radical (unpaired) electrons. The molecule has 0 amide bonds. The van der Waals surface area contributed by atoms with Crippen molar-refractivity contribution in [2.45, 2.75) is 19.8 Å². The predicted octanol–water partition coefficient (Wildman–Crippen LogP) is 3.04. The van der Waals surface area contributed by atoms with Crippen LogP contribution in [0.5, 0.6) is 0 Å². The maximum absolute atomic E-state index is 11.3. The lowest BCUT2D eigenvalue weighted by molar-refractivity contribution is -0.139. The van der Waals surface area contributed by atoms with Gasteiger partial charge in [-0.3, -0.25) is 4.79 Å². The Balaban J connectivity index is 1.74. The number of aliphatic carboxylic acids is 1. The van der Waals surface area contributed by atoms with Gasteiger partial charge in [-0.25, -0.2) is 0 Å². The zero-order chi connectivity index (χ0) is 15.5. The van der Waals surface area contributed by atoms with Crippen molar-refractivity contribution in [3.63, 3.8) is 0 Å². The Morgan fingerprint density at radius 1 is 1.36 bits per heavy atom. The van der Waals surface area contributed by atoms with Crippen LogP contribution < -0.4 is 0 Å². The molecule has 0 saturated heterocycles. The minimum Gasteiger partial charge on any atom is -0.481 e. The first-order valence-corrected chi connectivity index (χ1v) is 7.13. The van der Waals surface area contributed by atoms with E-state index in [1.54, 1.807) is 0 Å². The Bertz CT molecular complexity index is 878. The summed E-state index contributed by atoms with van der Waals surface area (Å²) < 4.78 is 5.35. The SMILES string of the molecule is CC1(C)[C@H](C(=O)O)[C@@H]1c1nc(-c2cccc3[nH]ccc23)no1. The van der Waals surface area contributed by atoms with Crippen LogP contribution >= 0.6 is 0 Å². The number of nitrogens with zero attached hydrogens (tertiary/aromatic N) is 2. The molecule has 2 heterocycles. The molecule has 1 fully saturated rings. The van der Waals surface area contributed by atoms with Crippen LogP contribution in [0.4, 0.5) is 0 Å². The predicted molar refractivity (Wildman–Crippen MR) is 79.2 cm³/mol. The number of fused-ring (bicyclic) bond motifs is 1. The van der Waals surface area contributed by atoms with E-state index in [9.17, 15) is 9.90 Å². The number of rotatable bonds is 3. The lowest BCUT2D eigenvalue weighted by Crippen LogP contribution is -2.03. The highest BCUT2D eigenvalue weighted by Gasteiger charge is 2.65. The molecule has 4 rings (SSSR count). The molecule has 0 aliphatic heterocycles. The summed E-state index contributed by atoms with van der Waals surface area (Å²) in [5, 5.41) is 14.3. The quantitative estimate of drug-likeness (QED) is 0.775. The maximum Gasteiger partial charge on any atom is 0.307 e. The third kappa shape index (κ3) is 1.70. The van der Waals surface area contributed by atoms with Gasteiger partial charge in [-0.15, -0.1) is 0 Å². The van der Waals surface area contributed by atoms with E-state index >= 15 is 0 Å². The summed E-state index contributed by atoms with van der Waals surface area (Å²) >= 11 is 0. The number of hydrogen-bond acceptors (Lipinski definition) is 4. The van der Waals surface area contributed by atoms with Crippen LogP contribution in [0.2, 0.25) is 0 Å². The molecule has 1 aliphatic carbocycles. The smallest absolute Gasteiger partial charge is 0.307 e. The van der Waals surface area contributed by atoms with Crippen LogP contribution in [0.3, 0.4) is 0 Å². The van der Waals surface area contributed by atoms with Gasteiger partial charge in [0.25, 0.3) is 0 Å². The van der Waals surface area contributed by atoms with Gasteiger partial charge >= 0.3 is 5.97 Å². The Labute approximate surface area is 126 Å². The zero-order valence-electron chi connectivity index (χ0n) is 12.2. The van der Waals surface area contributed by atoms with Crippen LogP contribution in [-0.4, -0.2) is 26.2 Å². The molecule has 2 atom stereocenters. The van der Waals surface area contributed by atoms with Crippen LogP contribution in [0.1, 0.15) is 25.7 Å². The zero-order valence-corrected chi connectivity index (χ0v) is 12.2. The molecule has 1 saturated carbocycles. The van der Waals surface area contributed by atoms with Gasteiger partial charge in [0.2, 0.25) is 11.7 Å². The molecular formula is C16H15N3O3. The van der Waals surface area contributed by atoms with Crippen LogP contribution in [0, 0.1) is 11.3 Å².